The number of halogens is 1. The largest absolute Gasteiger partial charge is 0.493 e. The summed E-state index contributed by atoms with van der Waals surface area (Å²) in [6.07, 6.45) is 2.48. The Morgan fingerprint density at radius 1 is 1.29 bits per heavy atom. The molecule has 0 saturated heterocycles. The van der Waals surface area contributed by atoms with E-state index in [9.17, 15) is 19.7 Å². The molecule has 34 heavy (non-hydrogen) atoms. The number of nitrogens with zero attached hydrogens (tertiary/aromatic N) is 4. The van der Waals surface area contributed by atoms with Gasteiger partial charge in [0.15, 0.2) is 18.1 Å². The highest BCUT2D eigenvalue weighted by Gasteiger charge is 2.25. The number of nitro groups is 1. The number of carbonyl (C=O) groups is 2. The number of primary amides is 1. The van der Waals surface area contributed by atoms with Crippen molar-refractivity contribution in [1.29, 1.82) is 0 Å². The summed E-state index contributed by atoms with van der Waals surface area (Å²) in [5, 5.41) is 19.3. The van der Waals surface area contributed by atoms with Gasteiger partial charge in [0.1, 0.15) is 6.20 Å². The van der Waals surface area contributed by atoms with Crippen LogP contribution in [0.1, 0.15) is 21.6 Å². The minimum atomic E-state index is -0.852. The topological polar surface area (TPSA) is 164 Å². The van der Waals surface area contributed by atoms with Crippen molar-refractivity contribution < 1.29 is 24.0 Å². The molecule has 0 spiro atoms. The average molecular weight is 531 g/mol. The number of nitrogens with two attached hydrogens (primary N) is 1. The fourth-order valence-electron chi connectivity index (χ4n) is 2.86. The summed E-state index contributed by atoms with van der Waals surface area (Å²) in [5.41, 5.74) is 7.82. The van der Waals surface area contributed by atoms with Gasteiger partial charge in [0.25, 0.3) is 11.8 Å². The van der Waals surface area contributed by atoms with Gasteiger partial charge in [-0.05, 0) is 41.5 Å². The van der Waals surface area contributed by atoms with Crippen LogP contribution in [0.25, 0.3) is 0 Å². The highest BCUT2D eigenvalue weighted by molar-refractivity contribution is 9.10. The second-order valence-corrected chi connectivity index (χ2v) is 7.73. The second kappa shape index (κ2) is 11.0. The molecule has 0 bridgehead atoms. The molecule has 0 aliphatic rings. The van der Waals surface area contributed by atoms with E-state index < -0.39 is 22.4 Å². The van der Waals surface area contributed by atoms with Crippen LogP contribution in [0, 0.1) is 10.1 Å². The number of hydrogen-bond donors (Lipinski definition) is 2. The van der Waals surface area contributed by atoms with E-state index >= 15 is 0 Å². The van der Waals surface area contributed by atoms with Crippen LogP contribution < -0.4 is 20.6 Å². The van der Waals surface area contributed by atoms with Gasteiger partial charge in [-0.15, -0.1) is 0 Å². The van der Waals surface area contributed by atoms with Crippen molar-refractivity contribution >= 4 is 39.6 Å². The third kappa shape index (κ3) is 6.38. The highest BCUT2D eigenvalue weighted by atomic mass is 79.9. The van der Waals surface area contributed by atoms with Gasteiger partial charge in [0, 0.05) is 4.47 Å². The Kier molecular flexibility index (Phi) is 7.92. The van der Waals surface area contributed by atoms with Crippen LogP contribution in [-0.2, 0) is 11.3 Å². The molecule has 3 rings (SSSR count). The molecule has 0 atom stereocenters. The summed E-state index contributed by atoms with van der Waals surface area (Å²) in [4.78, 5) is 34.2. The third-order valence-electron chi connectivity index (χ3n) is 4.33. The maximum absolute atomic E-state index is 12.5. The normalized spacial score (nSPS) is 10.8. The van der Waals surface area contributed by atoms with Gasteiger partial charge in [-0.3, -0.25) is 24.4 Å². The SMILES string of the molecule is COc1ccc(/C=N\NC(=O)c2nn(Cc3cccc(Br)c3)cc2[N+](=O)[O-])cc1OCC(N)=O. The number of carbonyl (C=O) groups excluding carboxylic acids is 2. The van der Waals surface area contributed by atoms with E-state index in [4.69, 9.17) is 15.2 Å². The molecule has 0 radical (unpaired) electrons. The Bertz CT molecular complexity index is 1260. The van der Waals surface area contributed by atoms with Crippen LogP contribution in [0.3, 0.4) is 0 Å². The van der Waals surface area contributed by atoms with Gasteiger partial charge < -0.3 is 15.2 Å². The molecule has 1 aromatic heterocycles. The lowest BCUT2D eigenvalue weighted by Crippen LogP contribution is -2.20. The Morgan fingerprint density at radius 3 is 2.76 bits per heavy atom. The van der Waals surface area contributed by atoms with Crippen LogP contribution in [0.15, 0.2) is 58.2 Å². The smallest absolute Gasteiger partial charge is 0.320 e. The third-order valence-corrected chi connectivity index (χ3v) is 4.82. The van der Waals surface area contributed by atoms with Gasteiger partial charge in [-0.25, -0.2) is 5.43 Å². The van der Waals surface area contributed by atoms with E-state index in [1.54, 1.807) is 12.1 Å². The minimum absolute atomic E-state index is 0.233. The predicted molar refractivity (Wildman–Crippen MR) is 125 cm³/mol. The lowest BCUT2D eigenvalue weighted by Gasteiger charge is -2.09. The maximum atomic E-state index is 12.5. The molecule has 0 saturated carbocycles. The van der Waals surface area contributed by atoms with Crippen LogP contribution in [-0.4, -0.2) is 46.4 Å². The monoisotopic (exact) mass is 530 g/mol. The van der Waals surface area contributed by atoms with Gasteiger partial charge >= 0.3 is 5.69 Å². The zero-order valence-electron chi connectivity index (χ0n) is 17.8. The average Bonchev–Trinajstić information content (AvgIpc) is 3.22. The zero-order valence-corrected chi connectivity index (χ0v) is 19.4. The van der Waals surface area contributed by atoms with Crippen molar-refractivity contribution in [2.24, 2.45) is 10.8 Å². The first-order chi connectivity index (χ1) is 16.3. The number of amides is 2. The molecule has 0 unspecified atom stereocenters. The van der Waals surface area contributed by atoms with Crippen molar-refractivity contribution in [3.63, 3.8) is 0 Å². The van der Waals surface area contributed by atoms with Gasteiger partial charge in [-0.1, -0.05) is 28.1 Å². The molecule has 3 N–H and O–H groups in total. The van der Waals surface area contributed by atoms with E-state index in [2.05, 4.69) is 31.6 Å². The van der Waals surface area contributed by atoms with Crippen molar-refractivity contribution in [3.05, 3.63) is 80.1 Å². The Morgan fingerprint density at radius 2 is 2.09 bits per heavy atom. The molecule has 176 valence electrons. The molecule has 0 aliphatic heterocycles. The first-order valence-corrected chi connectivity index (χ1v) is 10.4. The summed E-state index contributed by atoms with van der Waals surface area (Å²) in [6.45, 7) is -0.114. The maximum Gasteiger partial charge on any atom is 0.320 e. The lowest BCUT2D eigenvalue weighted by molar-refractivity contribution is -0.385. The van der Waals surface area contributed by atoms with Crippen molar-refractivity contribution in [2.75, 3.05) is 13.7 Å². The molecule has 3 aromatic rings. The Hall–Kier alpha value is -4.26. The van der Waals surface area contributed by atoms with E-state index in [1.807, 2.05) is 24.3 Å². The number of methoxy groups -OCH3 is 1. The highest BCUT2D eigenvalue weighted by Crippen LogP contribution is 2.27. The van der Waals surface area contributed by atoms with Crippen LogP contribution in [0.4, 0.5) is 5.69 Å². The molecule has 1 heterocycles. The number of ether oxygens (including phenoxy) is 2. The fraction of sp³-hybridized carbons (Fsp3) is 0.143. The number of rotatable bonds is 10. The molecular formula is C21H19BrN6O6. The van der Waals surface area contributed by atoms with Gasteiger partial charge in [0.2, 0.25) is 5.69 Å². The second-order valence-electron chi connectivity index (χ2n) is 6.81. The standard InChI is InChI=1S/C21H19BrN6O6/c1-33-17-6-5-13(8-18(17)34-12-19(23)29)9-24-25-21(30)20-16(28(31)32)11-27(26-20)10-14-3-2-4-15(22)7-14/h2-9,11H,10,12H2,1H3,(H2,23,29)(H,25,30)/b24-9-. The number of benzene rings is 2. The lowest BCUT2D eigenvalue weighted by atomic mass is 10.2. The molecule has 0 fully saturated rings. The fourth-order valence-corrected chi connectivity index (χ4v) is 3.31. The van der Waals surface area contributed by atoms with Gasteiger partial charge in [-0.2, -0.15) is 10.2 Å². The molecule has 2 amide bonds. The first kappa shape index (κ1) is 24.4. The van der Waals surface area contributed by atoms with Crippen molar-refractivity contribution in [2.45, 2.75) is 6.54 Å². The number of hydrogen-bond acceptors (Lipinski definition) is 8. The van der Waals surface area contributed by atoms with Gasteiger partial charge in [0.05, 0.1) is 24.8 Å². The Balaban J connectivity index is 1.74. The first-order valence-electron chi connectivity index (χ1n) is 9.65. The van der Waals surface area contributed by atoms with E-state index in [-0.39, 0.29) is 24.6 Å². The quantitative estimate of drug-likeness (QED) is 0.230. The Labute approximate surface area is 201 Å². The molecule has 13 heteroatoms. The number of aromatic nitrogens is 2. The summed E-state index contributed by atoms with van der Waals surface area (Å²) in [5.74, 6) is -0.892. The minimum Gasteiger partial charge on any atom is -0.493 e. The number of nitrogens with one attached hydrogen (secondary N) is 1. The summed E-state index contributed by atoms with van der Waals surface area (Å²) < 4.78 is 12.6. The molecular weight excluding hydrogens is 512 g/mol. The summed E-state index contributed by atoms with van der Waals surface area (Å²) in [7, 11) is 1.43. The van der Waals surface area contributed by atoms with E-state index in [0.29, 0.717) is 11.3 Å². The van der Waals surface area contributed by atoms with Crippen molar-refractivity contribution in [1.82, 2.24) is 15.2 Å². The molecule has 12 nitrogen and oxygen atoms in total. The van der Waals surface area contributed by atoms with Crippen LogP contribution in [0.5, 0.6) is 11.5 Å². The van der Waals surface area contributed by atoms with Crippen LogP contribution in [0.2, 0.25) is 0 Å². The molecule has 0 aliphatic carbocycles. The summed E-state index contributed by atoms with van der Waals surface area (Å²) in [6, 6.07) is 12.1. The van der Waals surface area contributed by atoms with E-state index in [1.165, 1.54) is 30.3 Å². The molecule has 2 aromatic carbocycles. The number of hydrazone groups is 1. The van der Waals surface area contributed by atoms with Crippen LogP contribution >= 0.6 is 15.9 Å². The van der Waals surface area contributed by atoms with Crippen molar-refractivity contribution in [3.8, 4) is 11.5 Å². The summed E-state index contributed by atoms with van der Waals surface area (Å²) >= 11 is 3.36. The predicted octanol–water partition coefficient (Wildman–Crippen LogP) is 2.24. The van der Waals surface area contributed by atoms with E-state index in [0.717, 1.165) is 10.0 Å². The zero-order chi connectivity index (χ0) is 24.7.